The average Bonchev–Trinajstić information content (AvgIpc) is 3.27. The number of amides is 1. The van der Waals surface area contributed by atoms with Crippen LogP contribution in [0.15, 0.2) is 103 Å². The topological polar surface area (TPSA) is 46.9 Å². The number of nitrogens with zero attached hydrogens (tertiary/aromatic N) is 2. The monoisotopic (exact) mass is 423 g/mol. The summed E-state index contributed by atoms with van der Waals surface area (Å²) >= 11 is 6.20. The third-order valence-corrected chi connectivity index (χ3v) is 5.44. The van der Waals surface area contributed by atoms with Crippen LogP contribution in [0, 0.1) is 0 Å². The predicted octanol–water partition coefficient (Wildman–Crippen LogP) is 6.60. The fraction of sp³-hybridized carbons (Fsp3) is 0. The van der Waals surface area contributed by atoms with E-state index in [9.17, 15) is 4.79 Å². The lowest BCUT2D eigenvalue weighted by atomic mass is 10.0. The van der Waals surface area contributed by atoms with Gasteiger partial charge >= 0.3 is 0 Å². The third kappa shape index (κ3) is 3.81. The molecule has 0 atom stereocenters. The Kier molecular flexibility index (Phi) is 4.98. The molecule has 0 unspecified atom stereocenters. The summed E-state index contributed by atoms with van der Waals surface area (Å²) in [6, 6.07) is 33.2. The van der Waals surface area contributed by atoms with Crippen molar-refractivity contribution in [1.29, 1.82) is 0 Å². The molecule has 0 aliphatic carbocycles. The minimum atomic E-state index is -0.315. The molecule has 0 aliphatic rings. The normalized spacial score (nSPS) is 10.9. The molecule has 1 N–H and O–H groups in total. The van der Waals surface area contributed by atoms with E-state index >= 15 is 0 Å². The number of carbonyl (C=O) groups excluding carboxylic acids is 1. The lowest BCUT2D eigenvalue weighted by molar-refractivity contribution is 0.102. The molecule has 4 aromatic carbocycles. The number of para-hydroxylation sites is 2. The Balaban J connectivity index is 1.60. The fourth-order valence-electron chi connectivity index (χ4n) is 3.56. The van der Waals surface area contributed by atoms with E-state index in [-0.39, 0.29) is 5.91 Å². The number of hydrogen-bond donors (Lipinski definition) is 1. The Hall–Kier alpha value is -3.89. The van der Waals surface area contributed by atoms with Crippen LogP contribution in [-0.2, 0) is 0 Å². The lowest BCUT2D eigenvalue weighted by Crippen LogP contribution is -2.13. The van der Waals surface area contributed by atoms with Crippen molar-refractivity contribution in [3.05, 3.63) is 114 Å². The van der Waals surface area contributed by atoms with E-state index in [1.807, 2.05) is 60.7 Å². The first-order valence-corrected chi connectivity index (χ1v) is 10.3. The highest BCUT2D eigenvalue weighted by Crippen LogP contribution is 2.28. The zero-order chi connectivity index (χ0) is 21.2. The van der Waals surface area contributed by atoms with Crippen LogP contribution in [0.5, 0.6) is 0 Å². The second kappa shape index (κ2) is 8.09. The SMILES string of the molecule is O=C(Nc1ccccc1Cl)c1cc(-c2ccc3ccccc3c2)n(-c2ccccc2)n1. The minimum absolute atomic E-state index is 0.312. The molecule has 0 radical (unpaired) electrons. The molecule has 1 amide bonds. The maximum absolute atomic E-state index is 13.0. The van der Waals surface area contributed by atoms with Gasteiger partial charge in [0, 0.05) is 5.56 Å². The Morgan fingerprint density at radius 3 is 2.29 bits per heavy atom. The second-order valence-corrected chi connectivity index (χ2v) is 7.57. The van der Waals surface area contributed by atoms with E-state index in [2.05, 4.69) is 40.7 Å². The number of halogens is 1. The molecular weight excluding hydrogens is 406 g/mol. The standard InChI is InChI=1S/C26H18ClN3O/c27-22-12-6-7-13-23(22)28-26(31)24-17-25(30(29-24)21-10-2-1-3-11-21)20-15-14-18-8-4-5-9-19(18)16-20/h1-17H,(H,28,31). The molecule has 1 heterocycles. The Morgan fingerprint density at radius 1 is 0.774 bits per heavy atom. The quantitative estimate of drug-likeness (QED) is 0.354. The number of anilines is 1. The van der Waals surface area contributed by atoms with Crippen LogP contribution in [0.1, 0.15) is 10.5 Å². The van der Waals surface area contributed by atoms with Gasteiger partial charge in [-0.25, -0.2) is 4.68 Å². The molecule has 0 spiro atoms. The largest absolute Gasteiger partial charge is 0.319 e. The van der Waals surface area contributed by atoms with Crippen LogP contribution < -0.4 is 5.32 Å². The molecule has 0 aliphatic heterocycles. The van der Waals surface area contributed by atoms with E-state index in [0.717, 1.165) is 27.7 Å². The van der Waals surface area contributed by atoms with Crippen molar-refractivity contribution in [2.75, 3.05) is 5.32 Å². The van der Waals surface area contributed by atoms with E-state index < -0.39 is 0 Å². The number of fused-ring (bicyclic) bond motifs is 1. The molecule has 4 nitrogen and oxygen atoms in total. The van der Waals surface area contributed by atoms with Crippen molar-refractivity contribution in [3.8, 4) is 16.9 Å². The molecule has 0 fully saturated rings. The van der Waals surface area contributed by atoms with Crippen LogP contribution in [0.2, 0.25) is 5.02 Å². The Labute approximate surface area is 184 Å². The lowest BCUT2D eigenvalue weighted by Gasteiger charge is -2.08. The van der Waals surface area contributed by atoms with E-state index in [1.165, 1.54) is 0 Å². The van der Waals surface area contributed by atoms with Gasteiger partial charge in [0.25, 0.3) is 5.91 Å². The maximum Gasteiger partial charge on any atom is 0.276 e. The zero-order valence-electron chi connectivity index (χ0n) is 16.5. The number of hydrogen-bond acceptors (Lipinski definition) is 2. The molecule has 0 saturated heterocycles. The van der Waals surface area contributed by atoms with Crippen LogP contribution in [0.25, 0.3) is 27.7 Å². The van der Waals surface area contributed by atoms with Crippen LogP contribution in [0.3, 0.4) is 0 Å². The first kappa shape index (κ1) is 19.1. The Bertz CT molecular complexity index is 1390. The van der Waals surface area contributed by atoms with Gasteiger partial charge < -0.3 is 5.32 Å². The third-order valence-electron chi connectivity index (χ3n) is 5.11. The highest BCUT2D eigenvalue weighted by Gasteiger charge is 2.18. The van der Waals surface area contributed by atoms with Crippen LogP contribution >= 0.6 is 11.6 Å². The van der Waals surface area contributed by atoms with Crippen LogP contribution in [0.4, 0.5) is 5.69 Å². The van der Waals surface area contributed by atoms with Crippen molar-refractivity contribution in [1.82, 2.24) is 9.78 Å². The highest BCUT2D eigenvalue weighted by atomic mass is 35.5. The van der Waals surface area contributed by atoms with Gasteiger partial charge in [0.05, 0.1) is 22.1 Å². The average molecular weight is 424 g/mol. The fourth-order valence-corrected chi connectivity index (χ4v) is 3.74. The second-order valence-electron chi connectivity index (χ2n) is 7.16. The highest BCUT2D eigenvalue weighted by molar-refractivity contribution is 6.33. The molecular formula is C26H18ClN3O. The van der Waals surface area contributed by atoms with Gasteiger partial charge in [-0.1, -0.05) is 78.3 Å². The summed E-state index contributed by atoms with van der Waals surface area (Å²) < 4.78 is 1.80. The summed E-state index contributed by atoms with van der Waals surface area (Å²) in [4.78, 5) is 13.0. The number of aromatic nitrogens is 2. The summed E-state index contributed by atoms with van der Waals surface area (Å²) in [5, 5.41) is 10.2. The molecule has 0 saturated carbocycles. The van der Waals surface area contributed by atoms with Gasteiger partial charge in [0.1, 0.15) is 0 Å². The molecule has 5 rings (SSSR count). The molecule has 5 heteroatoms. The van der Waals surface area contributed by atoms with Gasteiger partial charge in [-0.05, 0) is 47.2 Å². The molecule has 1 aromatic heterocycles. The van der Waals surface area contributed by atoms with Gasteiger partial charge in [-0.2, -0.15) is 5.10 Å². The first-order chi connectivity index (χ1) is 15.2. The van der Waals surface area contributed by atoms with Crippen molar-refractivity contribution in [2.24, 2.45) is 0 Å². The number of carbonyl (C=O) groups is 1. The van der Waals surface area contributed by atoms with Gasteiger partial charge in [0.2, 0.25) is 0 Å². The number of nitrogens with one attached hydrogen (secondary N) is 1. The summed E-state index contributed by atoms with van der Waals surface area (Å²) in [6.07, 6.45) is 0. The van der Waals surface area contributed by atoms with Crippen molar-refractivity contribution in [2.45, 2.75) is 0 Å². The first-order valence-electron chi connectivity index (χ1n) is 9.89. The minimum Gasteiger partial charge on any atom is -0.319 e. The predicted molar refractivity (Wildman–Crippen MR) is 126 cm³/mol. The summed E-state index contributed by atoms with van der Waals surface area (Å²) in [5.74, 6) is -0.315. The van der Waals surface area contributed by atoms with Gasteiger partial charge in [0.15, 0.2) is 5.69 Å². The Morgan fingerprint density at radius 2 is 1.48 bits per heavy atom. The smallest absolute Gasteiger partial charge is 0.276 e. The molecule has 5 aromatic rings. The molecule has 31 heavy (non-hydrogen) atoms. The van der Waals surface area contributed by atoms with Crippen molar-refractivity contribution >= 4 is 34.0 Å². The van der Waals surface area contributed by atoms with Crippen molar-refractivity contribution in [3.63, 3.8) is 0 Å². The zero-order valence-corrected chi connectivity index (χ0v) is 17.3. The van der Waals surface area contributed by atoms with Gasteiger partial charge in [-0.3, -0.25) is 4.79 Å². The van der Waals surface area contributed by atoms with E-state index in [4.69, 9.17) is 11.6 Å². The number of benzene rings is 4. The summed E-state index contributed by atoms with van der Waals surface area (Å²) in [6.45, 7) is 0. The summed E-state index contributed by atoms with van der Waals surface area (Å²) in [7, 11) is 0. The van der Waals surface area contributed by atoms with Gasteiger partial charge in [-0.15, -0.1) is 0 Å². The van der Waals surface area contributed by atoms with E-state index in [0.29, 0.717) is 16.4 Å². The summed E-state index contributed by atoms with van der Waals surface area (Å²) in [5.41, 5.74) is 3.55. The van der Waals surface area contributed by atoms with Crippen molar-refractivity contribution < 1.29 is 4.79 Å². The van der Waals surface area contributed by atoms with Crippen LogP contribution in [-0.4, -0.2) is 15.7 Å². The van der Waals surface area contributed by atoms with E-state index in [1.54, 1.807) is 16.8 Å². The molecule has 0 bridgehead atoms. The molecule has 150 valence electrons. The maximum atomic E-state index is 13.0. The number of rotatable bonds is 4.